The average molecular weight is 389 g/mol. The van der Waals surface area contributed by atoms with Crippen molar-refractivity contribution in [3.8, 4) is 0 Å². The highest BCUT2D eigenvalue weighted by molar-refractivity contribution is 7.13. The molecule has 0 aliphatic rings. The molecule has 0 saturated heterocycles. The van der Waals surface area contributed by atoms with Gasteiger partial charge in [0.05, 0.1) is 0 Å². The molecule has 0 radical (unpaired) electrons. The molecule has 0 bridgehead atoms. The van der Waals surface area contributed by atoms with Crippen LogP contribution < -0.4 is 0 Å². The maximum absolute atomic E-state index is 2.21. The van der Waals surface area contributed by atoms with Gasteiger partial charge in [0.2, 0.25) is 0 Å². The van der Waals surface area contributed by atoms with Gasteiger partial charge in [0.25, 0.3) is 0 Å². The summed E-state index contributed by atoms with van der Waals surface area (Å²) < 4.78 is 0. The molecule has 1 heterocycles. The van der Waals surface area contributed by atoms with E-state index in [-0.39, 0.29) is 0 Å². The van der Waals surface area contributed by atoms with E-state index in [1.54, 1.807) is 0 Å². The van der Waals surface area contributed by atoms with Gasteiger partial charge in [-0.1, -0.05) is 97.1 Å². The maximum Gasteiger partial charge on any atom is 0.0276 e. The molecular formula is C28H20S. The van der Waals surface area contributed by atoms with Crippen LogP contribution in [0, 0.1) is 0 Å². The monoisotopic (exact) mass is 388 g/mol. The van der Waals surface area contributed by atoms with E-state index in [9.17, 15) is 0 Å². The first-order valence-corrected chi connectivity index (χ1v) is 10.6. The molecule has 0 N–H and O–H groups in total. The van der Waals surface area contributed by atoms with Crippen LogP contribution in [0.5, 0.6) is 0 Å². The van der Waals surface area contributed by atoms with Crippen molar-refractivity contribution in [2.24, 2.45) is 0 Å². The van der Waals surface area contributed by atoms with Crippen molar-refractivity contribution in [1.82, 2.24) is 0 Å². The lowest BCUT2D eigenvalue weighted by atomic mass is 10.0. The Morgan fingerprint density at radius 1 is 0.414 bits per heavy atom. The van der Waals surface area contributed by atoms with Crippen LogP contribution in [-0.4, -0.2) is 0 Å². The largest absolute Gasteiger partial charge is 0.137 e. The molecule has 0 aliphatic heterocycles. The summed E-state index contributed by atoms with van der Waals surface area (Å²) >= 11 is 1.81. The minimum atomic E-state index is 1.25. The van der Waals surface area contributed by atoms with E-state index in [4.69, 9.17) is 0 Å². The Morgan fingerprint density at radius 2 is 0.862 bits per heavy atom. The molecule has 0 fully saturated rings. The van der Waals surface area contributed by atoms with Gasteiger partial charge in [-0.2, -0.15) is 0 Å². The highest BCUT2D eigenvalue weighted by Crippen LogP contribution is 2.25. The summed E-state index contributed by atoms with van der Waals surface area (Å²) in [4.78, 5) is 2.52. The van der Waals surface area contributed by atoms with Crippen molar-refractivity contribution >= 4 is 57.2 Å². The van der Waals surface area contributed by atoms with Crippen LogP contribution in [0.3, 0.4) is 0 Å². The summed E-state index contributed by atoms with van der Waals surface area (Å²) in [6.45, 7) is 0. The van der Waals surface area contributed by atoms with Gasteiger partial charge >= 0.3 is 0 Å². The molecule has 1 aromatic heterocycles. The van der Waals surface area contributed by atoms with Gasteiger partial charge in [-0.15, -0.1) is 11.3 Å². The second kappa shape index (κ2) is 7.90. The van der Waals surface area contributed by atoms with E-state index in [0.29, 0.717) is 0 Å². The van der Waals surface area contributed by atoms with Gasteiger partial charge < -0.3 is 0 Å². The Balaban J connectivity index is 1.39. The van der Waals surface area contributed by atoms with Crippen LogP contribution in [0.25, 0.3) is 45.8 Å². The fraction of sp³-hybridized carbons (Fsp3) is 0. The summed E-state index contributed by atoms with van der Waals surface area (Å²) in [6, 6.07) is 34.3. The molecule has 0 spiro atoms. The minimum absolute atomic E-state index is 1.25. The third-order valence-corrected chi connectivity index (χ3v) is 6.16. The smallest absolute Gasteiger partial charge is 0.0276 e. The Labute approximate surface area is 175 Å². The van der Waals surface area contributed by atoms with Gasteiger partial charge in [0.15, 0.2) is 0 Å². The number of fused-ring (bicyclic) bond motifs is 2. The van der Waals surface area contributed by atoms with E-state index < -0.39 is 0 Å². The van der Waals surface area contributed by atoms with Gasteiger partial charge in [0, 0.05) is 9.75 Å². The molecule has 0 aliphatic carbocycles. The molecule has 0 saturated carbocycles. The Bertz CT molecular complexity index is 1240. The van der Waals surface area contributed by atoms with Crippen molar-refractivity contribution in [1.29, 1.82) is 0 Å². The molecular weight excluding hydrogens is 368 g/mol. The van der Waals surface area contributed by atoms with Gasteiger partial charge in [0.1, 0.15) is 0 Å². The molecule has 1 heteroatoms. The molecule has 0 atom stereocenters. The van der Waals surface area contributed by atoms with Gasteiger partial charge in [-0.3, -0.25) is 0 Å². The highest BCUT2D eigenvalue weighted by Gasteiger charge is 1.99. The van der Waals surface area contributed by atoms with Crippen LogP contribution in [0.4, 0.5) is 0 Å². The third-order valence-electron chi connectivity index (χ3n) is 5.15. The summed E-state index contributed by atoms with van der Waals surface area (Å²) in [5, 5.41) is 5.14. The zero-order chi connectivity index (χ0) is 19.5. The van der Waals surface area contributed by atoms with Crippen molar-refractivity contribution in [3.05, 3.63) is 118 Å². The van der Waals surface area contributed by atoms with Crippen molar-refractivity contribution in [2.45, 2.75) is 0 Å². The van der Waals surface area contributed by atoms with E-state index in [0.717, 1.165) is 0 Å². The standard InChI is InChI=1S/C28H20S/c1-3-13-27-21(7-1)9-5-11-23(27)15-17-25-19-20-26(29-25)18-16-24-12-6-10-22-8-2-4-14-28(22)24/h1-20H/b17-15-,18-16+. The molecule has 5 rings (SSSR count). The van der Waals surface area contributed by atoms with Crippen LogP contribution in [0.1, 0.15) is 20.9 Å². The van der Waals surface area contributed by atoms with E-state index >= 15 is 0 Å². The molecule has 29 heavy (non-hydrogen) atoms. The lowest BCUT2D eigenvalue weighted by Gasteiger charge is -2.01. The number of thiophene rings is 1. The first kappa shape index (κ1) is 17.7. The van der Waals surface area contributed by atoms with Crippen LogP contribution in [-0.2, 0) is 0 Å². The number of hydrogen-bond donors (Lipinski definition) is 0. The quantitative estimate of drug-likeness (QED) is 0.290. The molecule has 0 unspecified atom stereocenters. The zero-order valence-corrected chi connectivity index (χ0v) is 16.8. The van der Waals surface area contributed by atoms with Crippen LogP contribution in [0.2, 0.25) is 0 Å². The molecule has 4 aromatic carbocycles. The number of benzene rings is 4. The first-order valence-electron chi connectivity index (χ1n) is 9.78. The number of hydrogen-bond acceptors (Lipinski definition) is 1. The van der Waals surface area contributed by atoms with Crippen LogP contribution in [0.15, 0.2) is 97.1 Å². The summed E-state index contributed by atoms with van der Waals surface area (Å²) in [7, 11) is 0. The second-order valence-electron chi connectivity index (χ2n) is 7.04. The second-order valence-corrected chi connectivity index (χ2v) is 8.19. The Morgan fingerprint density at radius 3 is 1.38 bits per heavy atom. The van der Waals surface area contributed by atoms with Gasteiger partial charge in [-0.25, -0.2) is 0 Å². The van der Waals surface area contributed by atoms with Crippen molar-refractivity contribution < 1.29 is 0 Å². The molecule has 138 valence electrons. The van der Waals surface area contributed by atoms with E-state index in [1.165, 1.54) is 42.4 Å². The van der Waals surface area contributed by atoms with Crippen molar-refractivity contribution in [3.63, 3.8) is 0 Å². The molecule has 0 amide bonds. The normalized spacial score (nSPS) is 11.9. The van der Waals surface area contributed by atoms with E-state index in [2.05, 4.69) is 121 Å². The third kappa shape index (κ3) is 3.78. The predicted molar refractivity (Wildman–Crippen MR) is 130 cm³/mol. The summed E-state index contributed by atoms with van der Waals surface area (Å²) in [5.74, 6) is 0. The SMILES string of the molecule is C(=C/c1cccc2ccccc12)/c1ccc(/C=C/c2cccc3ccccc23)s1. The Kier molecular flexibility index (Phi) is 4.81. The average Bonchev–Trinajstić information content (AvgIpc) is 3.24. The van der Waals surface area contributed by atoms with Gasteiger partial charge in [-0.05, 0) is 57.0 Å². The van der Waals surface area contributed by atoms with Crippen molar-refractivity contribution in [2.75, 3.05) is 0 Å². The highest BCUT2D eigenvalue weighted by atomic mass is 32.1. The minimum Gasteiger partial charge on any atom is -0.137 e. The topological polar surface area (TPSA) is 0 Å². The number of rotatable bonds is 4. The first-order chi connectivity index (χ1) is 14.4. The fourth-order valence-corrected chi connectivity index (χ4v) is 4.50. The molecule has 0 nitrogen and oxygen atoms in total. The fourth-order valence-electron chi connectivity index (χ4n) is 3.68. The summed E-state index contributed by atoms with van der Waals surface area (Å²) in [6.07, 6.45) is 8.85. The van der Waals surface area contributed by atoms with Crippen LogP contribution >= 0.6 is 11.3 Å². The Hall–Kier alpha value is -3.42. The maximum atomic E-state index is 2.21. The summed E-state index contributed by atoms with van der Waals surface area (Å²) in [5.41, 5.74) is 2.51. The molecule has 5 aromatic rings. The van der Waals surface area contributed by atoms with E-state index in [1.807, 2.05) is 11.3 Å². The lowest BCUT2D eigenvalue weighted by Crippen LogP contribution is -1.77. The zero-order valence-electron chi connectivity index (χ0n) is 16.0. The predicted octanol–water partition coefficient (Wildman–Crippen LogP) is 8.40. The lowest BCUT2D eigenvalue weighted by molar-refractivity contribution is 1.71.